The van der Waals surface area contributed by atoms with E-state index in [1.54, 1.807) is 24.3 Å². The molecule has 0 aliphatic rings. The zero-order valence-corrected chi connectivity index (χ0v) is 9.88. The molecule has 0 bridgehead atoms. The Kier molecular flexibility index (Phi) is 2.76. The predicted molar refractivity (Wildman–Crippen MR) is 69.4 cm³/mol. The molecule has 0 unspecified atom stereocenters. The van der Waals surface area contributed by atoms with E-state index in [1.807, 2.05) is 0 Å². The van der Waals surface area contributed by atoms with Crippen molar-refractivity contribution < 1.29 is 9.18 Å². The molecule has 1 aromatic heterocycles. The van der Waals surface area contributed by atoms with Gasteiger partial charge < -0.3 is 0 Å². The first-order valence-corrected chi connectivity index (χ1v) is 5.74. The summed E-state index contributed by atoms with van der Waals surface area (Å²) in [4.78, 5) is 20.0. The molecule has 0 spiro atoms. The molecule has 3 nitrogen and oxygen atoms in total. The van der Waals surface area contributed by atoms with E-state index in [0.717, 1.165) is 0 Å². The van der Waals surface area contributed by atoms with Gasteiger partial charge in [0.25, 0.3) is 0 Å². The molecule has 0 fully saturated rings. The minimum atomic E-state index is -0.337. The van der Waals surface area contributed by atoms with Crippen LogP contribution in [0.4, 0.5) is 4.39 Å². The van der Waals surface area contributed by atoms with Gasteiger partial charge in [0, 0.05) is 23.3 Å². The maximum Gasteiger partial charge on any atom is 0.196 e. The van der Waals surface area contributed by atoms with Gasteiger partial charge in [-0.15, -0.1) is 0 Å². The van der Waals surface area contributed by atoms with Crippen LogP contribution in [-0.4, -0.2) is 15.8 Å². The van der Waals surface area contributed by atoms with Crippen LogP contribution >= 0.6 is 0 Å². The Morgan fingerprint density at radius 3 is 2.37 bits per heavy atom. The number of hydrogen-bond acceptors (Lipinski definition) is 3. The largest absolute Gasteiger partial charge is 0.288 e. The van der Waals surface area contributed by atoms with Crippen molar-refractivity contribution in [3.05, 3.63) is 72.1 Å². The SMILES string of the molecule is O=C(c1cncnc1)c1ccc(F)c2ccccc12. The topological polar surface area (TPSA) is 42.9 Å². The van der Waals surface area contributed by atoms with Crippen LogP contribution in [0.15, 0.2) is 55.1 Å². The molecular formula is C15H9FN2O. The Bertz CT molecular complexity index is 756. The molecule has 0 atom stereocenters. The molecule has 2 aromatic carbocycles. The van der Waals surface area contributed by atoms with Crippen molar-refractivity contribution in [2.24, 2.45) is 0 Å². The average molecular weight is 252 g/mol. The van der Waals surface area contributed by atoms with Gasteiger partial charge in [0.15, 0.2) is 5.78 Å². The van der Waals surface area contributed by atoms with Crippen molar-refractivity contribution >= 4 is 16.6 Å². The lowest BCUT2D eigenvalue weighted by Gasteiger charge is -2.06. The Hall–Kier alpha value is -2.62. The number of rotatable bonds is 2. The van der Waals surface area contributed by atoms with Gasteiger partial charge >= 0.3 is 0 Å². The summed E-state index contributed by atoms with van der Waals surface area (Å²) in [5.74, 6) is -0.548. The van der Waals surface area contributed by atoms with Crippen molar-refractivity contribution in [2.75, 3.05) is 0 Å². The first-order valence-electron chi connectivity index (χ1n) is 5.74. The number of aromatic nitrogens is 2. The number of hydrogen-bond donors (Lipinski definition) is 0. The second-order valence-electron chi connectivity index (χ2n) is 4.10. The maximum absolute atomic E-state index is 13.7. The smallest absolute Gasteiger partial charge is 0.196 e. The second kappa shape index (κ2) is 4.57. The van der Waals surface area contributed by atoms with Crippen LogP contribution in [0, 0.1) is 5.82 Å². The highest BCUT2D eigenvalue weighted by atomic mass is 19.1. The van der Waals surface area contributed by atoms with Crippen molar-refractivity contribution in [1.29, 1.82) is 0 Å². The first kappa shape index (κ1) is 11.5. The van der Waals surface area contributed by atoms with E-state index in [9.17, 15) is 9.18 Å². The van der Waals surface area contributed by atoms with Crippen LogP contribution in [0.1, 0.15) is 15.9 Å². The summed E-state index contributed by atoms with van der Waals surface area (Å²) < 4.78 is 13.7. The number of ketones is 1. The van der Waals surface area contributed by atoms with Gasteiger partial charge in [0.2, 0.25) is 0 Å². The number of benzene rings is 2. The number of nitrogens with zero attached hydrogens (tertiary/aromatic N) is 2. The Labute approximate surface area is 108 Å². The number of carbonyl (C=O) groups excluding carboxylic acids is 1. The van der Waals surface area contributed by atoms with E-state index in [1.165, 1.54) is 30.9 Å². The van der Waals surface area contributed by atoms with Crippen molar-refractivity contribution in [3.8, 4) is 0 Å². The highest BCUT2D eigenvalue weighted by molar-refractivity contribution is 6.16. The van der Waals surface area contributed by atoms with Crippen LogP contribution < -0.4 is 0 Å². The van der Waals surface area contributed by atoms with E-state index in [2.05, 4.69) is 9.97 Å². The van der Waals surface area contributed by atoms with E-state index >= 15 is 0 Å². The summed E-state index contributed by atoms with van der Waals surface area (Å²) in [6, 6.07) is 9.70. The number of fused-ring (bicyclic) bond motifs is 1. The van der Waals surface area contributed by atoms with Crippen molar-refractivity contribution in [1.82, 2.24) is 9.97 Å². The highest BCUT2D eigenvalue weighted by Crippen LogP contribution is 2.23. The van der Waals surface area contributed by atoms with E-state index in [0.29, 0.717) is 21.9 Å². The Balaban J connectivity index is 2.22. The average Bonchev–Trinajstić information content (AvgIpc) is 2.48. The Morgan fingerprint density at radius 2 is 1.63 bits per heavy atom. The fraction of sp³-hybridized carbons (Fsp3) is 0. The number of halogens is 1. The highest BCUT2D eigenvalue weighted by Gasteiger charge is 2.14. The third kappa shape index (κ3) is 1.97. The fourth-order valence-corrected chi connectivity index (χ4v) is 2.03. The molecule has 3 aromatic rings. The second-order valence-corrected chi connectivity index (χ2v) is 4.10. The molecule has 0 aliphatic heterocycles. The molecule has 0 saturated heterocycles. The Morgan fingerprint density at radius 1 is 0.947 bits per heavy atom. The molecule has 0 N–H and O–H groups in total. The lowest BCUT2D eigenvalue weighted by Crippen LogP contribution is -2.03. The van der Waals surface area contributed by atoms with Crippen molar-refractivity contribution in [2.45, 2.75) is 0 Å². The monoisotopic (exact) mass is 252 g/mol. The van der Waals surface area contributed by atoms with E-state index < -0.39 is 0 Å². The molecule has 92 valence electrons. The lowest BCUT2D eigenvalue weighted by atomic mass is 9.98. The summed E-state index contributed by atoms with van der Waals surface area (Å²) in [5, 5.41) is 1.03. The first-order chi connectivity index (χ1) is 9.27. The van der Waals surface area contributed by atoms with Crippen molar-refractivity contribution in [3.63, 3.8) is 0 Å². The van der Waals surface area contributed by atoms with Gasteiger partial charge in [-0.3, -0.25) is 4.79 Å². The standard InChI is InChI=1S/C15H9FN2O/c16-14-6-5-13(11-3-1-2-4-12(11)14)15(19)10-7-17-9-18-8-10/h1-9H. The van der Waals surface area contributed by atoms with Gasteiger partial charge in [-0.2, -0.15) is 0 Å². The van der Waals surface area contributed by atoms with Crippen LogP contribution in [0.2, 0.25) is 0 Å². The van der Waals surface area contributed by atoms with Crippen LogP contribution in [-0.2, 0) is 0 Å². The molecule has 3 rings (SSSR count). The molecular weight excluding hydrogens is 243 g/mol. The molecule has 0 amide bonds. The van der Waals surface area contributed by atoms with Gasteiger partial charge in [-0.05, 0) is 17.5 Å². The molecule has 19 heavy (non-hydrogen) atoms. The third-order valence-corrected chi connectivity index (χ3v) is 2.94. The quantitative estimate of drug-likeness (QED) is 0.658. The zero-order valence-electron chi connectivity index (χ0n) is 9.88. The predicted octanol–water partition coefficient (Wildman–Crippen LogP) is 3.00. The van der Waals surface area contributed by atoms with E-state index in [-0.39, 0.29) is 11.6 Å². The molecule has 0 saturated carbocycles. The summed E-state index contributed by atoms with van der Waals surface area (Å²) in [5.41, 5.74) is 0.839. The normalized spacial score (nSPS) is 10.6. The minimum Gasteiger partial charge on any atom is -0.288 e. The van der Waals surface area contributed by atoms with Crippen LogP contribution in [0.5, 0.6) is 0 Å². The third-order valence-electron chi connectivity index (χ3n) is 2.94. The van der Waals surface area contributed by atoms with Crippen LogP contribution in [0.25, 0.3) is 10.8 Å². The van der Waals surface area contributed by atoms with E-state index in [4.69, 9.17) is 0 Å². The molecule has 0 radical (unpaired) electrons. The summed E-state index contributed by atoms with van der Waals surface area (Å²) >= 11 is 0. The summed E-state index contributed by atoms with van der Waals surface area (Å²) in [6.45, 7) is 0. The zero-order chi connectivity index (χ0) is 13.2. The molecule has 1 heterocycles. The summed E-state index contributed by atoms with van der Waals surface area (Å²) in [7, 11) is 0. The molecule has 0 aliphatic carbocycles. The summed E-state index contributed by atoms with van der Waals surface area (Å²) in [6.07, 6.45) is 4.26. The van der Waals surface area contributed by atoms with Gasteiger partial charge in [-0.25, -0.2) is 14.4 Å². The van der Waals surface area contributed by atoms with Crippen LogP contribution in [0.3, 0.4) is 0 Å². The molecule has 4 heteroatoms. The van der Waals surface area contributed by atoms with Gasteiger partial charge in [0.05, 0.1) is 5.56 Å². The minimum absolute atomic E-state index is 0.211. The maximum atomic E-state index is 13.7. The fourth-order valence-electron chi connectivity index (χ4n) is 2.03. The number of carbonyl (C=O) groups is 1. The lowest BCUT2D eigenvalue weighted by molar-refractivity contribution is 0.103. The van der Waals surface area contributed by atoms with Gasteiger partial charge in [-0.1, -0.05) is 24.3 Å². The van der Waals surface area contributed by atoms with Gasteiger partial charge in [0.1, 0.15) is 12.1 Å².